The molecular formula is C20H22F3N3O6. The van der Waals surface area contributed by atoms with Crippen molar-refractivity contribution in [1.29, 1.82) is 0 Å². The maximum Gasteiger partial charge on any atom is 0.423 e. The Balaban J connectivity index is 1.81. The number of carboxylic acid groups (broad SMARTS) is 1. The second-order valence-electron chi connectivity index (χ2n) is 7.24. The maximum atomic E-state index is 13.8. The van der Waals surface area contributed by atoms with Crippen molar-refractivity contribution in [2.75, 3.05) is 31.8 Å². The van der Waals surface area contributed by atoms with Crippen LogP contribution in [0.1, 0.15) is 17.5 Å². The number of hydrogen-bond acceptors (Lipinski definition) is 7. The highest BCUT2D eigenvalue weighted by molar-refractivity contribution is 5.72. The Morgan fingerprint density at radius 1 is 1.31 bits per heavy atom. The fourth-order valence-corrected chi connectivity index (χ4v) is 3.30. The molecule has 0 saturated carbocycles. The zero-order valence-corrected chi connectivity index (χ0v) is 17.1. The van der Waals surface area contributed by atoms with Gasteiger partial charge in [-0.2, -0.15) is 18.3 Å². The second-order valence-corrected chi connectivity index (χ2v) is 7.24. The lowest BCUT2D eigenvalue weighted by atomic mass is 10.0. The predicted octanol–water partition coefficient (Wildman–Crippen LogP) is 1.36. The van der Waals surface area contributed by atoms with Crippen molar-refractivity contribution >= 4 is 11.7 Å². The predicted molar refractivity (Wildman–Crippen MR) is 106 cm³/mol. The molecule has 0 radical (unpaired) electrons. The van der Waals surface area contributed by atoms with Gasteiger partial charge >= 0.3 is 12.1 Å². The summed E-state index contributed by atoms with van der Waals surface area (Å²) in [5, 5.41) is 21.8. The number of rotatable bonds is 9. The van der Waals surface area contributed by atoms with Gasteiger partial charge < -0.3 is 24.6 Å². The number of aliphatic hydroxyl groups excluding tert-OH is 1. The van der Waals surface area contributed by atoms with Crippen LogP contribution in [0.5, 0.6) is 5.75 Å². The van der Waals surface area contributed by atoms with Crippen LogP contribution >= 0.6 is 0 Å². The van der Waals surface area contributed by atoms with Crippen molar-refractivity contribution in [3.63, 3.8) is 0 Å². The largest absolute Gasteiger partial charge is 0.497 e. The van der Waals surface area contributed by atoms with Crippen LogP contribution in [0.25, 0.3) is 0 Å². The van der Waals surface area contributed by atoms with Gasteiger partial charge in [0.2, 0.25) is 0 Å². The Morgan fingerprint density at radius 3 is 2.53 bits per heavy atom. The molecule has 1 aromatic heterocycles. The van der Waals surface area contributed by atoms with Gasteiger partial charge in [-0.25, -0.2) is 9.48 Å². The normalized spacial score (nSPS) is 17.0. The molecule has 174 valence electrons. The minimum Gasteiger partial charge on any atom is -0.497 e. The first kappa shape index (κ1) is 23.5. The lowest BCUT2D eigenvalue weighted by Crippen LogP contribution is -2.52. The molecule has 1 saturated heterocycles. The molecule has 2 atom stereocenters. The van der Waals surface area contributed by atoms with Crippen molar-refractivity contribution < 1.29 is 37.7 Å². The molecule has 0 amide bonds. The SMILES string of the molecule is COc1ccc(Cn2ncc(N3CC[C@H]3COCC(O)C(=O)O)c(C(F)(F)F)c2=O)cc1. The molecule has 32 heavy (non-hydrogen) atoms. The highest BCUT2D eigenvalue weighted by atomic mass is 19.4. The molecule has 1 fully saturated rings. The van der Waals surface area contributed by atoms with E-state index in [4.69, 9.17) is 14.6 Å². The lowest BCUT2D eigenvalue weighted by Gasteiger charge is -2.43. The van der Waals surface area contributed by atoms with Crippen LogP contribution in [0.15, 0.2) is 35.3 Å². The van der Waals surface area contributed by atoms with Gasteiger partial charge in [-0.1, -0.05) is 12.1 Å². The molecule has 2 aromatic rings. The summed E-state index contributed by atoms with van der Waals surface area (Å²) < 4.78 is 52.3. The molecule has 2 heterocycles. The summed E-state index contributed by atoms with van der Waals surface area (Å²) in [6, 6.07) is 6.01. The van der Waals surface area contributed by atoms with Gasteiger partial charge in [0.05, 0.1) is 44.8 Å². The molecule has 3 rings (SSSR count). The number of hydrogen-bond donors (Lipinski definition) is 2. The molecule has 1 aliphatic rings. The van der Waals surface area contributed by atoms with Crippen molar-refractivity contribution in [2.24, 2.45) is 0 Å². The molecule has 0 aliphatic carbocycles. The fraction of sp³-hybridized carbons (Fsp3) is 0.450. The zero-order chi connectivity index (χ0) is 23.5. The summed E-state index contributed by atoms with van der Waals surface area (Å²) in [5.41, 5.74) is -2.37. The van der Waals surface area contributed by atoms with Gasteiger partial charge in [0.15, 0.2) is 6.10 Å². The number of aliphatic carboxylic acids is 1. The molecule has 1 aliphatic heterocycles. The van der Waals surface area contributed by atoms with Crippen LogP contribution in [0, 0.1) is 0 Å². The van der Waals surface area contributed by atoms with E-state index in [9.17, 15) is 27.9 Å². The number of ether oxygens (including phenoxy) is 2. The van der Waals surface area contributed by atoms with Crippen molar-refractivity contribution in [1.82, 2.24) is 9.78 Å². The average molecular weight is 457 g/mol. The first-order chi connectivity index (χ1) is 15.1. The number of carboxylic acids is 1. The van der Waals surface area contributed by atoms with Crippen LogP contribution < -0.4 is 15.2 Å². The molecule has 1 unspecified atom stereocenters. The minimum absolute atomic E-state index is 0.101. The number of halogens is 3. The van der Waals surface area contributed by atoms with E-state index in [0.29, 0.717) is 17.7 Å². The standard InChI is InChI=1S/C20H22F3N3O6/c1-31-14-4-2-12(3-5-14)9-26-18(28)17(20(21,22)23)15(8-24-26)25-7-6-13(25)10-32-11-16(27)19(29)30/h2-5,8,13,16,27H,6-7,9-11H2,1H3,(H,29,30)/t13-,16?/m0/s1. The van der Waals surface area contributed by atoms with Gasteiger partial charge in [-0.05, 0) is 24.1 Å². The summed E-state index contributed by atoms with van der Waals surface area (Å²) in [7, 11) is 1.48. The highest BCUT2D eigenvalue weighted by Crippen LogP contribution is 2.37. The first-order valence-electron chi connectivity index (χ1n) is 9.67. The van der Waals surface area contributed by atoms with E-state index in [0.717, 1.165) is 10.9 Å². The lowest BCUT2D eigenvalue weighted by molar-refractivity contribution is -0.150. The number of alkyl halides is 3. The third-order valence-electron chi connectivity index (χ3n) is 5.12. The van der Waals surface area contributed by atoms with E-state index < -0.39 is 42.0 Å². The van der Waals surface area contributed by atoms with E-state index in [2.05, 4.69) is 5.10 Å². The number of carbonyl (C=O) groups is 1. The molecule has 0 spiro atoms. The van der Waals surface area contributed by atoms with Crippen LogP contribution in [0.3, 0.4) is 0 Å². The third-order valence-corrected chi connectivity index (χ3v) is 5.12. The van der Waals surface area contributed by atoms with Gasteiger partial charge in [0.25, 0.3) is 5.56 Å². The van der Waals surface area contributed by atoms with Crippen LogP contribution in [-0.4, -0.2) is 65.0 Å². The van der Waals surface area contributed by atoms with E-state index in [1.54, 1.807) is 24.3 Å². The molecule has 12 heteroatoms. The van der Waals surface area contributed by atoms with Gasteiger partial charge in [0, 0.05) is 6.54 Å². The third kappa shape index (κ3) is 5.19. The van der Waals surface area contributed by atoms with Crippen LogP contribution in [0.4, 0.5) is 18.9 Å². The number of aromatic nitrogens is 2. The number of aliphatic hydroxyl groups is 1. The number of benzene rings is 1. The Bertz CT molecular complexity index is 1010. The number of methoxy groups -OCH3 is 1. The summed E-state index contributed by atoms with van der Waals surface area (Å²) in [5.74, 6) is -0.887. The topological polar surface area (TPSA) is 114 Å². The van der Waals surface area contributed by atoms with E-state index in [1.807, 2.05) is 0 Å². The Labute approximate surface area is 180 Å². The van der Waals surface area contributed by atoms with Gasteiger partial charge in [-0.3, -0.25) is 4.79 Å². The Morgan fingerprint density at radius 2 is 2.00 bits per heavy atom. The second kappa shape index (κ2) is 9.57. The number of nitrogens with zero attached hydrogens (tertiary/aromatic N) is 3. The van der Waals surface area contributed by atoms with Gasteiger partial charge in [0.1, 0.15) is 11.3 Å². The van der Waals surface area contributed by atoms with Gasteiger partial charge in [-0.15, -0.1) is 0 Å². The molecule has 2 N–H and O–H groups in total. The van der Waals surface area contributed by atoms with Crippen molar-refractivity contribution in [3.05, 3.63) is 51.9 Å². The average Bonchev–Trinajstić information content (AvgIpc) is 2.71. The fourth-order valence-electron chi connectivity index (χ4n) is 3.30. The summed E-state index contributed by atoms with van der Waals surface area (Å²) in [6.45, 7) is -0.488. The quantitative estimate of drug-likeness (QED) is 0.580. The minimum atomic E-state index is -4.91. The number of anilines is 1. The summed E-state index contributed by atoms with van der Waals surface area (Å²) in [4.78, 5) is 24.7. The van der Waals surface area contributed by atoms with E-state index in [-0.39, 0.29) is 25.4 Å². The van der Waals surface area contributed by atoms with Crippen LogP contribution in [0.2, 0.25) is 0 Å². The van der Waals surface area contributed by atoms with E-state index in [1.165, 1.54) is 12.0 Å². The Kier molecular flexibility index (Phi) is 7.04. The highest BCUT2D eigenvalue weighted by Gasteiger charge is 2.42. The summed E-state index contributed by atoms with van der Waals surface area (Å²) in [6.07, 6.45) is -5.14. The van der Waals surface area contributed by atoms with Crippen LogP contribution in [-0.2, 0) is 22.3 Å². The Hall–Kier alpha value is -3.12. The van der Waals surface area contributed by atoms with Crippen molar-refractivity contribution in [2.45, 2.75) is 31.3 Å². The first-order valence-corrected chi connectivity index (χ1v) is 9.67. The smallest absolute Gasteiger partial charge is 0.423 e. The molecule has 0 bridgehead atoms. The molecule has 9 nitrogen and oxygen atoms in total. The van der Waals surface area contributed by atoms with E-state index >= 15 is 0 Å². The zero-order valence-electron chi connectivity index (χ0n) is 17.1. The summed E-state index contributed by atoms with van der Waals surface area (Å²) >= 11 is 0. The maximum absolute atomic E-state index is 13.8. The monoisotopic (exact) mass is 457 g/mol. The molecule has 1 aromatic carbocycles. The van der Waals surface area contributed by atoms with Crippen molar-refractivity contribution in [3.8, 4) is 5.75 Å². The molecular weight excluding hydrogens is 435 g/mol.